The quantitative estimate of drug-likeness (QED) is 0.475. The first-order valence-corrected chi connectivity index (χ1v) is 14.8. The van der Waals surface area contributed by atoms with E-state index in [4.69, 9.17) is 0 Å². The Morgan fingerprint density at radius 2 is 1.32 bits per heavy atom. The molecule has 40 heavy (non-hydrogen) atoms. The molecule has 2 amide bonds. The average Bonchev–Trinajstić information content (AvgIpc) is 3.45. The van der Waals surface area contributed by atoms with Crippen LogP contribution in [0.2, 0.25) is 0 Å². The molecule has 3 aliphatic rings. The fourth-order valence-corrected chi connectivity index (χ4v) is 6.91. The van der Waals surface area contributed by atoms with Crippen molar-refractivity contribution in [2.75, 3.05) is 32.7 Å². The summed E-state index contributed by atoms with van der Waals surface area (Å²) in [5, 5.41) is 3.19. The molecule has 3 aromatic carbocycles. The Labute approximate surface area is 238 Å². The average molecular weight is 537 g/mol. The number of piperazine rings is 1. The van der Waals surface area contributed by atoms with Crippen molar-refractivity contribution in [2.45, 2.75) is 56.3 Å². The fourth-order valence-electron chi connectivity index (χ4n) is 6.91. The summed E-state index contributed by atoms with van der Waals surface area (Å²) in [7, 11) is 0. The molecule has 0 saturated carbocycles. The minimum absolute atomic E-state index is 0.0391. The van der Waals surface area contributed by atoms with Gasteiger partial charge in [-0.3, -0.25) is 14.5 Å². The van der Waals surface area contributed by atoms with Gasteiger partial charge < -0.3 is 15.1 Å². The van der Waals surface area contributed by atoms with Gasteiger partial charge in [-0.1, -0.05) is 91.0 Å². The van der Waals surface area contributed by atoms with Gasteiger partial charge in [-0.15, -0.1) is 0 Å². The number of benzene rings is 3. The monoisotopic (exact) mass is 536 g/mol. The first-order chi connectivity index (χ1) is 19.6. The second kappa shape index (κ2) is 11.9. The second-order valence-electron chi connectivity index (χ2n) is 11.7. The van der Waals surface area contributed by atoms with Crippen LogP contribution in [0.5, 0.6) is 0 Å². The standard InChI is InChI=1S/C34H40N4O2/c39-32-31(24-28-12-6-2-7-13-28)35-33(40)34(18-22-36(23-19-34)20-16-27-10-4-1-5-11-27)38(32)30-17-21-37(26-30)25-29-14-8-3-9-15-29/h1-15,30-31H,16-26H2,(H,35,40). The Bertz CT molecular complexity index is 1280. The molecule has 1 N–H and O–H groups in total. The van der Waals surface area contributed by atoms with Crippen molar-refractivity contribution in [1.82, 2.24) is 20.0 Å². The van der Waals surface area contributed by atoms with Crippen LogP contribution in [0.15, 0.2) is 91.0 Å². The predicted molar refractivity (Wildman–Crippen MR) is 158 cm³/mol. The van der Waals surface area contributed by atoms with E-state index in [0.717, 1.165) is 57.7 Å². The highest BCUT2D eigenvalue weighted by Gasteiger charge is 2.56. The summed E-state index contributed by atoms with van der Waals surface area (Å²) in [5.74, 6) is 0.130. The molecule has 0 bridgehead atoms. The van der Waals surface area contributed by atoms with Crippen LogP contribution >= 0.6 is 0 Å². The lowest BCUT2D eigenvalue weighted by Gasteiger charge is -2.53. The summed E-state index contributed by atoms with van der Waals surface area (Å²) in [5.41, 5.74) is 2.93. The Kier molecular flexibility index (Phi) is 7.98. The lowest BCUT2D eigenvalue weighted by molar-refractivity contribution is -0.164. The second-order valence-corrected chi connectivity index (χ2v) is 11.7. The van der Waals surface area contributed by atoms with Crippen LogP contribution in [0, 0.1) is 0 Å². The minimum atomic E-state index is -0.763. The number of nitrogens with one attached hydrogen (secondary N) is 1. The normalized spacial score (nSPS) is 23.4. The van der Waals surface area contributed by atoms with Crippen molar-refractivity contribution in [3.63, 3.8) is 0 Å². The van der Waals surface area contributed by atoms with Crippen LogP contribution < -0.4 is 5.32 Å². The third kappa shape index (κ3) is 5.70. The Morgan fingerprint density at radius 1 is 0.725 bits per heavy atom. The van der Waals surface area contributed by atoms with Crippen molar-refractivity contribution in [3.05, 3.63) is 108 Å². The lowest BCUT2D eigenvalue weighted by atomic mass is 9.79. The molecule has 0 radical (unpaired) electrons. The third-order valence-corrected chi connectivity index (χ3v) is 9.11. The summed E-state index contributed by atoms with van der Waals surface area (Å²) in [6.07, 6.45) is 3.81. The molecule has 2 unspecified atom stereocenters. The molecule has 6 rings (SSSR count). The number of hydrogen-bond acceptors (Lipinski definition) is 4. The van der Waals surface area contributed by atoms with E-state index in [0.29, 0.717) is 19.3 Å². The zero-order valence-corrected chi connectivity index (χ0v) is 23.3. The highest BCUT2D eigenvalue weighted by Crippen LogP contribution is 2.37. The number of rotatable bonds is 8. The molecular weight excluding hydrogens is 496 g/mol. The predicted octanol–water partition coefficient (Wildman–Crippen LogP) is 3.91. The summed E-state index contributed by atoms with van der Waals surface area (Å²) < 4.78 is 0. The van der Waals surface area contributed by atoms with Crippen molar-refractivity contribution >= 4 is 11.8 Å². The van der Waals surface area contributed by atoms with Gasteiger partial charge in [0.1, 0.15) is 11.6 Å². The van der Waals surface area contributed by atoms with E-state index in [9.17, 15) is 9.59 Å². The van der Waals surface area contributed by atoms with Gasteiger partial charge in [-0.25, -0.2) is 0 Å². The number of piperidine rings is 1. The number of carbonyl (C=O) groups is 2. The fraction of sp³-hybridized carbons (Fsp3) is 0.412. The van der Waals surface area contributed by atoms with Crippen molar-refractivity contribution < 1.29 is 9.59 Å². The van der Waals surface area contributed by atoms with Crippen LogP contribution in [-0.2, 0) is 29.0 Å². The number of nitrogens with zero attached hydrogens (tertiary/aromatic N) is 3. The van der Waals surface area contributed by atoms with E-state index >= 15 is 0 Å². The summed E-state index contributed by atoms with van der Waals surface area (Å²) in [6, 6.07) is 30.7. The van der Waals surface area contributed by atoms with Gasteiger partial charge in [0.25, 0.3) is 0 Å². The number of amides is 2. The van der Waals surface area contributed by atoms with E-state index < -0.39 is 11.6 Å². The first kappa shape index (κ1) is 26.7. The van der Waals surface area contributed by atoms with Crippen molar-refractivity contribution in [1.29, 1.82) is 0 Å². The van der Waals surface area contributed by atoms with E-state index in [-0.39, 0.29) is 17.9 Å². The molecular formula is C34H40N4O2. The molecule has 1 spiro atoms. The van der Waals surface area contributed by atoms with Gasteiger partial charge in [-0.05, 0) is 42.4 Å². The Hall–Kier alpha value is -3.48. The van der Waals surface area contributed by atoms with E-state index in [1.807, 2.05) is 36.4 Å². The molecule has 3 aliphatic heterocycles. The van der Waals surface area contributed by atoms with Crippen LogP contribution in [0.1, 0.15) is 36.0 Å². The molecule has 0 aromatic heterocycles. The number of carbonyl (C=O) groups excluding carboxylic acids is 2. The van der Waals surface area contributed by atoms with Crippen molar-refractivity contribution in [3.8, 4) is 0 Å². The van der Waals surface area contributed by atoms with E-state index in [1.54, 1.807) is 0 Å². The van der Waals surface area contributed by atoms with Gasteiger partial charge in [0, 0.05) is 51.7 Å². The van der Waals surface area contributed by atoms with E-state index in [1.165, 1.54) is 11.1 Å². The van der Waals surface area contributed by atoms with Gasteiger partial charge in [-0.2, -0.15) is 0 Å². The smallest absolute Gasteiger partial charge is 0.246 e. The van der Waals surface area contributed by atoms with Gasteiger partial charge in [0.05, 0.1) is 0 Å². The molecule has 3 saturated heterocycles. The molecule has 3 heterocycles. The van der Waals surface area contributed by atoms with E-state index in [2.05, 4.69) is 74.6 Å². The summed E-state index contributed by atoms with van der Waals surface area (Å²) in [6.45, 7) is 5.25. The molecule has 3 fully saturated rings. The maximum absolute atomic E-state index is 14.3. The van der Waals surface area contributed by atoms with Crippen molar-refractivity contribution in [2.24, 2.45) is 0 Å². The van der Waals surface area contributed by atoms with Crippen LogP contribution in [0.25, 0.3) is 0 Å². The molecule has 208 valence electrons. The number of likely N-dealkylation sites (tertiary alicyclic amines) is 2. The topological polar surface area (TPSA) is 55.9 Å². The zero-order valence-electron chi connectivity index (χ0n) is 23.3. The third-order valence-electron chi connectivity index (χ3n) is 9.11. The zero-order chi connectivity index (χ0) is 27.4. The molecule has 2 atom stereocenters. The maximum atomic E-state index is 14.3. The lowest BCUT2D eigenvalue weighted by Crippen LogP contribution is -2.75. The van der Waals surface area contributed by atoms with Crippen LogP contribution in [0.4, 0.5) is 0 Å². The largest absolute Gasteiger partial charge is 0.342 e. The Balaban J connectivity index is 1.19. The Morgan fingerprint density at radius 3 is 1.98 bits per heavy atom. The summed E-state index contributed by atoms with van der Waals surface area (Å²) >= 11 is 0. The highest BCUT2D eigenvalue weighted by molar-refractivity contribution is 6.00. The molecule has 3 aromatic rings. The molecule has 6 heteroatoms. The van der Waals surface area contributed by atoms with Gasteiger partial charge >= 0.3 is 0 Å². The number of hydrogen-bond donors (Lipinski definition) is 1. The first-order valence-electron chi connectivity index (χ1n) is 14.8. The molecule has 6 nitrogen and oxygen atoms in total. The van der Waals surface area contributed by atoms with Crippen LogP contribution in [0.3, 0.4) is 0 Å². The van der Waals surface area contributed by atoms with Gasteiger partial charge in [0.15, 0.2) is 0 Å². The molecule has 0 aliphatic carbocycles. The SMILES string of the molecule is O=C1C(Cc2ccccc2)NC(=O)C2(CCN(CCc3ccccc3)CC2)N1C1CCN(Cc2ccccc2)C1. The highest BCUT2D eigenvalue weighted by atomic mass is 16.2. The minimum Gasteiger partial charge on any atom is -0.342 e. The van der Waals surface area contributed by atoms with Gasteiger partial charge in [0.2, 0.25) is 11.8 Å². The summed E-state index contributed by atoms with van der Waals surface area (Å²) in [4.78, 5) is 35.2. The van der Waals surface area contributed by atoms with Crippen LogP contribution in [-0.4, -0.2) is 76.9 Å². The maximum Gasteiger partial charge on any atom is 0.246 e.